The lowest BCUT2D eigenvalue weighted by atomic mass is 10.2. The Morgan fingerprint density at radius 3 is 2.46 bits per heavy atom. The molecule has 9 heteroatoms. The average molecular weight is 445 g/mol. The summed E-state index contributed by atoms with van der Waals surface area (Å²) in [5.74, 6) is 0.414. The van der Waals surface area contributed by atoms with E-state index in [-0.39, 0.29) is 5.82 Å². The van der Waals surface area contributed by atoms with E-state index in [1.807, 2.05) is 0 Å². The van der Waals surface area contributed by atoms with Crippen LogP contribution in [0.1, 0.15) is 12.5 Å². The van der Waals surface area contributed by atoms with E-state index in [4.69, 9.17) is 11.6 Å². The number of nitrogens with one attached hydrogen (secondary N) is 1. The number of benzene rings is 2. The summed E-state index contributed by atoms with van der Waals surface area (Å²) in [4.78, 5) is 12.4. The maximum absolute atomic E-state index is 13.6. The van der Waals surface area contributed by atoms with Gasteiger partial charge in [-0.15, -0.1) is 0 Å². The molecular weight excluding hydrogens is 423 g/mol. The molecule has 0 aromatic heterocycles. The largest absolute Gasteiger partial charge is 0.353 e. The standard InChI is InChI=1S/C19H22ClFN2O3S2/c1-14(23(28(2,25)26)17-9-7-16(20)8-10-17)19(24)22-11-12-27-13-15-5-3-4-6-18(15)21/h3-10,14H,11-13H2,1-2H3,(H,22,24)/t14-/m0/s1. The van der Waals surface area contributed by atoms with Gasteiger partial charge in [0.15, 0.2) is 0 Å². The molecule has 0 radical (unpaired) electrons. The van der Waals surface area contributed by atoms with Gasteiger partial charge in [-0.1, -0.05) is 29.8 Å². The number of carbonyl (C=O) groups is 1. The zero-order valence-corrected chi connectivity index (χ0v) is 18.0. The Morgan fingerprint density at radius 2 is 1.86 bits per heavy atom. The third-order valence-corrected chi connectivity index (χ3v) is 6.43. The fourth-order valence-corrected chi connectivity index (χ4v) is 4.73. The monoisotopic (exact) mass is 444 g/mol. The van der Waals surface area contributed by atoms with E-state index in [1.54, 1.807) is 42.5 Å². The summed E-state index contributed by atoms with van der Waals surface area (Å²) < 4.78 is 39.0. The Morgan fingerprint density at radius 1 is 1.21 bits per heavy atom. The van der Waals surface area contributed by atoms with E-state index in [0.29, 0.717) is 34.3 Å². The number of rotatable bonds is 9. The zero-order chi connectivity index (χ0) is 20.7. The normalized spacial score (nSPS) is 12.4. The molecule has 5 nitrogen and oxygen atoms in total. The van der Waals surface area contributed by atoms with Crippen LogP contribution in [0.4, 0.5) is 10.1 Å². The van der Waals surface area contributed by atoms with Crippen molar-refractivity contribution in [2.75, 3.05) is 22.9 Å². The van der Waals surface area contributed by atoms with Crippen molar-refractivity contribution in [3.05, 3.63) is 64.9 Å². The Labute approximate surface area is 174 Å². The van der Waals surface area contributed by atoms with Crippen LogP contribution >= 0.6 is 23.4 Å². The van der Waals surface area contributed by atoms with Crippen LogP contribution in [0, 0.1) is 5.82 Å². The van der Waals surface area contributed by atoms with Crippen molar-refractivity contribution in [2.24, 2.45) is 0 Å². The van der Waals surface area contributed by atoms with E-state index in [9.17, 15) is 17.6 Å². The molecule has 0 saturated heterocycles. The number of halogens is 2. The molecule has 28 heavy (non-hydrogen) atoms. The van der Waals surface area contributed by atoms with Crippen LogP contribution < -0.4 is 9.62 Å². The number of hydrogen-bond acceptors (Lipinski definition) is 4. The first-order valence-electron chi connectivity index (χ1n) is 8.54. The quantitative estimate of drug-likeness (QED) is 0.599. The SMILES string of the molecule is C[C@@H](C(=O)NCCSCc1ccccc1F)N(c1ccc(Cl)cc1)S(C)(=O)=O. The molecule has 0 aliphatic rings. The first kappa shape index (κ1) is 22.5. The third-order valence-electron chi connectivity index (χ3n) is 3.93. The maximum Gasteiger partial charge on any atom is 0.243 e. The Bertz CT molecular complexity index is 908. The fourth-order valence-electron chi connectivity index (χ4n) is 2.59. The molecule has 0 unspecified atom stereocenters. The molecule has 1 N–H and O–H groups in total. The molecule has 0 bridgehead atoms. The highest BCUT2D eigenvalue weighted by atomic mass is 35.5. The van der Waals surface area contributed by atoms with Crippen LogP contribution in [0.15, 0.2) is 48.5 Å². The minimum absolute atomic E-state index is 0.251. The van der Waals surface area contributed by atoms with Gasteiger partial charge in [-0.2, -0.15) is 11.8 Å². The smallest absolute Gasteiger partial charge is 0.243 e. The van der Waals surface area contributed by atoms with Crippen LogP contribution in [0.2, 0.25) is 5.02 Å². The Kier molecular flexibility index (Phi) is 8.15. The predicted molar refractivity (Wildman–Crippen MR) is 114 cm³/mol. The lowest BCUT2D eigenvalue weighted by Crippen LogP contribution is -2.48. The topological polar surface area (TPSA) is 66.5 Å². The molecule has 0 saturated carbocycles. The predicted octanol–water partition coefficient (Wildman–Crippen LogP) is 3.68. The number of sulfonamides is 1. The lowest BCUT2D eigenvalue weighted by Gasteiger charge is -2.28. The molecule has 2 aromatic carbocycles. The third kappa shape index (κ3) is 6.39. The molecule has 0 heterocycles. The molecule has 2 rings (SSSR count). The second kappa shape index (κ2) is 10.1. The average Bonchev–Trinajstić information content (AvgIpc) is 2.63. The van der Waals surface area contributed by atoms with Crippen LogP contribution in [0.25, 0.3) is 0 Å². The van der Waals surface area contributed by atoms with E-state index in [1.165, 1.54) is 24.8 Å². The van der Waals surface area contributed by atoms with Crippen LogP contribution in [0.3, 0.4) is 0 Å². The minimum Gasteiger partial charge on any atom is -0.353 e. The van der Waals surface area contributed by atoms with Crippen molar-refractivity contribution < 1.29 is 17.6 Å². The molecule has 152 valence electrons. The highest BCUT2D eigenvalue weighted by Gasteiger charge is 2.28. The number of thioether (sulfide) groups is 1. The second-order valence-corrected chi connectivity index (χ2v) is 9.55. The molecule has 2 aromatic rings. The van der Waals surface area contributed by atoms with Gasteiger partial charge in [-0.05, 0) is 42.8 Å². The Hall–Kier alpha value is -1.77. The number of hydrogen-bond donors (Lipinski definition) is 1. The van der Waals surface area contributed by atoms with Crippen molar-refractivity contribution in [3.63, 3.8) is 0 Å². The van der Waals surface area contributed by atoms with E-state index in [0.717, 1.165) is 10.6 Å². The number of anilines is 1. The summed E-state index contributed by atoms with van der Waals surface area (Å²) in [5.41, 5.74) is 0.974. The second-order valence-electron chi connectivity index (χ2n) is 6.15. The highest BCUT2D eigenvalue weighted by molar-refractivity contribution is 7.98. The minimum atomic E-state index is -3.67. The van der Waals surface area contributed by atoms with Gasteiger partial charge in [0.05, 0.1) is 11.9 Å². The Balaban J connectivity index is 1.90. The van der Waals surface area contributed by atoms with Crippen LogP contribution in [-0.4, -0.2) is 38.9 Å². The molecular formula is C19H22ClFN2O3S2. The summed E-state index contributed by atoms with van der Waals surface area (Å²) in [6.07, 6.45) is 1.05. The van der Waals surface area contributed by atoms with E-state index in [2.05, 4.69) is 5.32 Å². The summed E-state index contributed by atoms with van der Waals surface area (Å²) in [6.45, 7) is 1.87. The van der Waals surface area contributed by atoms with Gasteiger partial charge in [0.25, 0.3) is 0 Å². The van der Waals surface area contributed by atoms with Crippen molar-refractivity contribution in [2.45, 2.75) is 18.7 Å². The van der Waals surface area contributed by atoms with E-state index < -0.39 is 22.0 Å². The first-order valence-corrected chi connectivity index (χ1v) is 11.9. The van der Waals surface area contributed by atoms with E-state index >= 15 is 0 Å². The number of amides is 1. The summed E-state index contributed by atoms with van der Waals surface area (Å²) in [6, 6.07) is 11.9. The number of carbonyl (C=O) groups excluding carboxylic acids is 1. The van der Waals surface area contributed by atoms with Crippen LogP contribution in [0.5, 0.6) is 0 Å². The molecule has 0 fully saturated rings. The molecule has 1 atom stereocenters. The zero-order valence-electron chi connectivity index (χ0n) is 15.6. The fraction of sp³-hybridized carbons (Fsp3) is 0.316. The summed E-state index contributed by atoms with van der Waals surface area (Å²) in [5, 5.41) is 3.20. The molecule has 0 aliphatic carbocycles. The lowest BCUT2D eigenvalue weighted by molar-refractivity contribution is -0.121. The molecule has 0 spiro atoms. The molecule has 1 amide bonds. The van der Waals surface area contributed by atoms with Gasteiger partial charge in [-0.3, -0.25) is 9.10 Å². The highest BCUT2D eigenvalue weighted by Crippen LogP contribution is 2.23. The van der Waals surface area contributed by atoms with Gasteiger partial charge >= 0.3 is 0 Å². The first-order chi connectivity index (χ1) is 13.2. The molecule has 0 aliphatic heterocycles. The van der Waals surface area contributed by atoms with Gasteiger partial charge in [0.1, 0.15) is 11.9 Å². The summed E-state index contributed by atoms with van der Waals surface area (Å²) in [7, 11) is -3.67. The van der Waals surface area contributed by atoms with Crippen LogP contribution in [-0.2, 0) is 20.6 Å². The number of nitrogens with zero attached hydrogens (tertiary/aromatic N) is 1. The van der Waals surface area contributed by atoms with Crippen molar-refractivity contribution in [1.29, 1.82) is 0 Å². The van der Waals surface area contributed by atoms with Crippen molar-refractivity contribution in [1.82, 2.24) is 5.32 Å². The van der Waals surface area contributed by atoms with Gasteiger partial charge in [-0.25, -0.2) is 12.8 Å². The van der Waals surface area contributed by atoms with Crippen molar-refractivity contribution in [3.8, 4) is 0 Å². The summed E-state index contributed by atoms with van der Waals surface area (Å²) >= 11 is 7.34. The van der Waals surface area contributed by atoms with Gasteiger partial charge in [0.2, 0.25) is 15.9 Å². The van der Waals surface area contributed by atoms with Crippen molar-refractivity contribution >= 4 is 45.0 Å². The maximum atomic E-state index is 13.6. The van der Waals surface area contributed by atoms with Gasteiger partial charge in [0, 0.05) is 23.1 Å². The van der Waals surface area contributed by atoms with Gasteiger partial charge < -0.3 is 5.32 Å².